The van der Waals surface area contributed by atoms with Crippen LogP contribution in [-0.4, -0.2) is 32.6 Å². The Bertz CT molecular complexity index is 597. The van der Waals surface area contributed by atoms with Crippen LogP contribution < -0.4 is 11.5 Å². The minimum absolute atomic E-state index is 0.159. The third-order valence-corrected chi connectivity index (χ3v) is 3.32. The predicted octanol–water partition coefficient (Wildman–Crippen LogP) is 0.819. The molecule has 0 bridgehead atoms. The normalized spacial score (nSPS) is 18.3. The molecule has 3 heterocycles. The lowest BCUT2D eigenvalue weighted by atomic mass is 10.0. The fourth-order valence-corrected chi connectivity index (χ4v) is 2.46. The van der Waals surface area contributed by atoms with E-state index in [2.05, 4.69) is 19.9 Å². The lowest BCUT2D eigenvalue weighted by molar-refractivity contribution is 0.111. The lowest BCUT2D eigenvalue weighted by Gasteiger charge is -2.14. The van der Waals surface area contributed by atoms with Crippen molar-refractivity contribution < 1.29 is 4.74 Å². The molecule has 0 saturated carbocycles. The molecule has 0 amide bonds. The predicted molar refractivity (Wildman–Crippen MR) is 74.6 cm³/mol. The molecular formula is C13H16N6O. The lowest BCUT2D eigenvalue weighted by Crippen LogP contribution is -2.14. The van der Waals surface area contributed by atoms with Gasteiger partial charge in [0.15, 0.2) is 0 Å². The second-order valence-electron chi connectivity index (χ2n) is 4.76. The molecule has 0 radical (unpaired) electrons. The molecular weight excluding hydrogens is 256 g/mol. The number of anilines is 2. The van der Waals surface area contributed by atoms with Gasteiger partial charge in [-0.15, -0.1) is 0 Å². The van der Waals surface area contributed by atoms with E-state index in [-0.39, 0.29) is 12.1 Å². The largest absolute Gasteiger partial charge is 0.383 e. The molecule has 2 aromatic rings. The summed E-state index contributed by atoms with van der Waals surface area (Å²) in [6.45, 7) is 0.796. The smallest absolute Gasteiger partial charge is 0.222 e. The van der Waals surface area contributed by atoms with Gasteiger partial charge in [-0.25, -0.2) is 15.0 Å². The molecule has 2 aromatic heterocycles. The number of rotatable bonds is 3. The Morgan fingerprint density at radius 1 is 1.20 bits per heavy atom. The van der Waals surface area contributed by atoms with E-state index in [9.17, 15) is 0 Å². The van der Waals surface area contributed by atoms with Crippen molar-refractivity contribution in [3.63, 3.8) is 0 Å². The summed E-state index contributed by atoms with van der Waals surface area (Å²) in [5, 5.41) is 0. The zero-order valence-electron chi connectivity index (χ0n) is 11.0. The highest BCUT2D eigenvalue weighted by molar-refractivity contribution is 5.75. The molecule has 0 spiro atoms. The third-order valence-electron chi connectivity index (χ3n) is 3.32. The highest BCUT2D eigenvalue weighted by atomic mass is 16.5. The quantitative estimate of drug-likeness (QED) is 0.850. The van der Waals surface area contributed by atoms with E-state index >= 15 is 0 Å². The SMILES string of the molecule is Nc1nc(N)c(-c2cncnc2)c(CC2CCCO2)n1. The van der Waals surface area contributed by atoms with Gasteiger partial charge in [0.2, 0.25) is 5.95 Å². The van der Waals surface area contributed by atoms with Gasteiger partial charge in [0, 0.05) is 36.5 Å². The third kappa shape index (κ3) is 2.53. The van der Waals surface area contributed by atoms with Crippen LogP contribution in [0.2, 0.25) is 0 Å². The molecule has 7 nitrogen and oxygen atoms in total. The molecule has 1 atom stereocenters. The van der Waals surface area contributed by atoms with Gasteiger partial charge in [-0.2, -0.15) is 4.98 Å². The maximum absolute atomic E-state index is 6.00. The van der Waals surface area contributed by atoms with Crippen LogP contribution in [0.15, 0.2) is 18.7 Å². The fourth-order valence-electron chi connectivity index (χ4n) is 2.46. The monoisotopic (exact) mass is 272 g/mol. The summed E-state index contributed by atoms with van der Waals surface area (Å²) in [5.41, 5.74) is 14.0. The van der Waals surface area contributed by atoms with Gasteiger partial charge in [-0.1, -0.05) is 0 Å². The Hall–Kier alpha value is -2.28. The van der Waals surface area contributed by atoms with Crippen molar-refractivity contribution in [2.45, 2.75) is 25.4 Å². The number of nitrogens with zero attached hydrogens (tertiary/aromatic N) is 4. The number of nitrogens with two attached hydrogens (primary N) is 2. The van der Waals surface area contributed by atoms with E-state index in [0.29, 0.717) is 12.2 Å². The molecule has 104 valence electrons. The van der Waals surface area contributed by atoms with Crippen molar-refractivity contribution in [2.24, 2.45) is 0 Å². The summed E-state index contributed by atoms with van der Waals surface area (Å²) in [7, 11) is 0. The zero-order chi connectivity index (χ0) is 13.9. The summed E-state index contributed by atoms with van der Waals surface area (Å²) in [6, 6.07) is 0. The summed E-state index contributed by atoms with van der Waals surface area (Å²) in [6.07, 6.45) is 7.78. The van der Waals surface area contributed by atoms with E-state index < -0.39 is 0 Å². The molecule has 0 aliphatic carbocycles. The Labute approximate surface area is 116 Å². The minimum atomic E-state index is 0.159. The highest BCUT2D eigenvalue weighted by Gasteiger charge is 2.21. The zero-order valence-corrected chi connectivity index (χ0v) is 11.0. The van der Waals surface area contributed by atoms with Crippen LogP contribution >= 0.6 is 0 Å². The Kier molecular flexibility index (Phi) is 3.42. The van der Waals surface area contributed by atoms with Crippen LogP contribution in [0.3, 0.4) is 0 Å². The van der Waals surface area contributed by atoms with Crippen LogP contribution in [-0.2, 0) is 11.2 Å². The first-order chi connectivity index (χ1) is 9.74. The Morgan fingerprint density at radius 3 is 2.70 bits per heavy atom. The average molecular weight is 272 g/mol. The average Bonchev–Trinajstić information content (AvgIpc) is 2.92. The van der Waals surface area contributed by atoms with Gasteiger partial charge in [0.25, 0.3) is 0 Å². The molecule has 20 heavy (non-hydrogen) atoms. The molecule has 0 aromatic carbocycles. The van der Waals surface area contributed by atoms with Crippen molar-refractivity contribution in [1.29, 1.82) is 0 Å². The minimum Gasteiger partial charge on any atom is -0.383 e. The van der Waals surface area contributed by atoms with E-state index in [4.69, 9.17) is 16.2 Å². The maximum atomic E-state index is 6.00. The second kappa shape index (κ2) is 5.38. The topological polar surface area (TPSA) is 113 Å². The number of hydrogen-bond donors (Lipinski definition) is 2. The molecule has 3 rings (SSSR count). The number of aromatic nitrogens is 4. The van der Waals surface area contributed by atoms with Gasteiger partial charge < -0.3 is 16.2 Å². The van der Waals surface area contributed by atoms with E-state index in [1.807, 2.05) is 0 Å². The van der Waals surface area contributed by atoms with Gasteiger partial charge in [0.05, 0.1) is 11.8 Å². The molecule has 1 aliphatic rings. The summed E-state index contributed by atoms with van der Waals surface area (Å²) in [5.74, 6) is 0.524. The van der Waals surface area contributed by atoms with Crippen molar-refractivity contribution in [3.05, 3.63) is 24.4 Å². The maximum Gasteiger partial charge on any atom is 0.222 e. The number of nitrogen functional groups attached to an aromatic ring is 2. The Balaban J connectivity index is 2.02. The van der Waals surface area contributed by atoms with Crippen molar-refractivity contribution >= 4 is 11.8 Å². The first kappa shape index (κ1) is 12.7. The molecule has 1 unspecified atom stereocenters. The van der Waals surface area contributed by atoms with Crippen molar-refractivity contribution in [2.75, 3.05) is 18.1 Å². The molecule has 1 saturated heterocycles. The van der Waals surface area contributed by atoms with Crippen molar-refractivity contribution in [3.8, 4) is 11.1 Å². The number of hydrogen-bond acceptors (Lipinski definition) is 7. The fraction of sp³-hybridized carbons (Fsp3) is 0.385. The van der Waals surface area contributed by atoms with Crippen LogP contribution in [0.5, 0.6) is 0 Å². The Morgan fingerprint density at radius 2 is 2.00 bits per heavy atom. The van der Waals surface area contributed by atoms with Crippen LogP contribution in [0.4, 0.5) is 11.8 Å². The molecule has 1 aliphatic heterocycles. The highest BCUT2D eigenvalue weighted by Crippen LogP contribution is 2.29. The first-order valence-electron chi connectivity index (χ1n) is 6.53. The molecule has 1 fully saturated rings. The standard InChI is InChI=1S/C13H16N6O/c14-12-11(8-5-16-7-17-6-8)10(18-13(15)19-12)4-9-2-1-3-20-9/h5-7,9H,1-4H2,(H4,14,15,18,19). The van der Waals surface area contributed by atoms with Crippen LogP contribution in [0, 0.1) is 0 Å². The van der Waals surface area contributed by atoms with E-state index in [1.54, 1.807) is 12.4 Å². The molecule has 7 heteroatoms. The molecule has 4 N–H and O–H groups in total. The van der Waals surface area contributed by atoms with Crippen molar-refractivity contribution in [1.82, 2.24) is 19.9 Å². The number of ether oxygens (including phenoxy) is 1. The second-order valence-corrected chi connectivity index (χ2v) is 4.76. The van der Waals surface area contributed by atoms with Gasteiger partial charge in [-0.3, -0.25) is 0 Å². The first-order valence-corrected chi connectivity index (χ1v) is 6.53. The van der Waals surface area contributed by atoms with Gasteiger partial charge >= 0.3 is 0 Å². The summed E-state index contributed by atoms with van der Waals surface area (Å²) in [4.78, 5) is 16.4. The van der Waals surface area contributed by atoms with E-state index in [1.165, 1.54) is 6.33 Å². The van der Waals surface area contributed by atoms with Crippen LogP contribution in [0.25, 0.3) is 11.1 Å². The van der Waals surface area contributed by atoms with Crippen LogP contribution in [0.1, 0.15) is 18.5 Å². The van der Waals surface area contributed by atoms with E-state index in [0.717, 1.165) is 36.3 Å². The summed E-state index contributed by atoms with van der Waals surface area (Å²) < 4.78 is 5.65. The van der Waals surface area contributed by atoms with Gasteiger partial charge in [0.1, 0.15) is 12.1 Å². The van der Waals surface area contributed by atoms with Gasteiger partial charge in [-0.05, 0) is 12.8 Å². The summed E-state index contributed by atoms with van der Waals surface area (Å²) >= 11 is 0.